The molecule has 2 unspecified atom stereocenters. The van der Waals surface area contributed by atoms with E-state index >= 15 is 0 Å². The number of nitrogens with one attached hydrogen (secondary N) is 7. The van der Waals surface area contributed by atoms with Gasteiger partial charge in [-0.05, 0) is 74.0 Å². The van der Waals surface area contributed by atoms with E-state index in [2.05, 4.69) is 51.1 Å². The molecule has 0 aromatic rings. The van der Waals surface area contributed by atoms with Crippen LogP contribution < -0.4 is 37.2 Å². The van der Waals surface area contributed by atoms with E-state index in [9.17, 15) is 68.4 Å². The molecule has 0 saturated heterocycles. The second kappa shape index (κ2) is 36.6. The number of unbranched alkanes of at least 4 members (excludes halogenated alkanes) is 4. The molecule has 7 amide bonds. The molecule has 21 nitrogen and oxygen atoms in total. The number of amides is 7. The van der Waals surface area contributed by atoms with Gasteiger partial charge in [-0.2, -0.15) is 0 Å². The third-order valence-electron chi connectivity index (χ3n) is 12.5. The number of aliphatic hydroxyl groups excluding tert-OH is 1. The number of hydrogen-bond acceptors (Lipinski definition) is 11. The third-order valence-corrected chi connectivity index (χ3v) is 12.5. The summed E-state index contributed by atoms with van der Waals surface area (Å²) < 4.78 is 0. The molecule has 0 aromatic carbocycles. The number of carboxylic acid groups (broad SMARTS) is 3. The Morgan fingerprint density at radius 2 is 0.838 bits per heavy atom. The van der Waals surface area contributed by atoms with Crippen LogP contribution in [0.15, 0.2) is 0 Å². The number of carboxylic acids is 3. The van der Waals surface area contributed by atoms with E-state index in [1.807, 2.05) is 13.8 Å². The molecule has 11 N–H and O–H groups in total. The van der Waals surface area contributed by atoms with E-state index < -0.39 is 126 Å². The van der Waals surface area contributed by atoms with Crippen LogP contribution in [0.1, 0.15) is 192 Å². The zero-order valence-electron chi connectivity index (χ0n) is 46.5. The summed E-state index contributed by atoms with van der Waals surface area (Å²) in [6.07, 6.45) is 4.99. The third kappa shape index (κ3) is 31.4. The predicted molar refractivity (Wildman–Crippen MR) is 280 cm³/mol. The lowest BCUT2D eigenvalue weighted by Gasteiger charge is -2.29. The molecule has 0 aromatic heterocycles. The van der Waals surface area contributed by atoms with Crippen molar-refractivity contribution in [2.45, 2.75) is 241 Å². The highest BCUT2D eigenvalue weighted by Crippen LogP contribution is 2.17. The van der Waals surface area contributed by atoms with Gasteiger partial charge in [0.1, 0.15) is 36.3 Å². The van der Waals surface area contributed by atoms with Gasteiger partial charge in [-0.1, -0.05) is 128 Å². The first-order chi connectivity index (χ1) is 34.4. The van der Waals surface area contributed by atoms with Gasteiger partial charge in [0, 0.05) is 18.9 Å². The Bertz CT molecular complexity index is 1790. The molecule has 0 fully saturated rings. The Morgan fingerprint density at radius 1 is 0.405 bits per heavy atom. The first-order valence-corrected chi connectivity index (χ1v) is 26.9. The van der Waals surface area contributed by atoms with Crippen LogP contribution in [0.5, 0.6) is 0 Å². The van der Waals surface area contributed by atoms with Crippen molar-refractivity contribution in [3.63, 3.8) is 0 Å². The van der Waals surface area contributed by atoms with Crippen molar-refractivity contribution in [1.82, 2.24) is 37.2 Å². The summed E-state index contributed by atoms with van der Waals surface area (Å²) in [5.41, 5.74) is 0. The van der Waals surface area contributed by atoms with Crippen molar-refractivity contribution >= 4 is 59.3 Å². The normalized spacial score (nSPS) is 15.2. The number of carbonyl (C=O) groups is 10. The van der Waals surface area contributed by atoms with E-state index in [1.54, 1.807) is 55.4 Å². The minimum absolute atomic E-state index is 0.0496. The predicted octanol–water partition coefficient (Wildman–Crippen LogP) is 4.56. The Hall–Kier alpha value is -5.34. The van der Waals surface area contributed by atoms with E-state index in [0.29, 0.717) is 12.3 Å². The number of hydrogen-bond donors (Lipinski definition) is 11. The Balaban J connectivity index is 6.15. The molecule has 0 bridgehead atoms. The summed E-state index contributed by atoms with van der Waals surface area (Å²) in [5.74, 6) is -9.94. The van der Waals surface area contributed by atoms with Crippen molar-refractivity contribution in [1.29, 1.82) is 0 Å². The van der Waals surface area contributed by atoms with Gasteiger partial charge in [-0.3, -0.25) is 43.2 Å². The fourth-order valence-electron chi connectivity index (χ4n) is 8.33. The number of aliphatic hydroxyl groups is 1. The molecule has 0 spiro atoms. The highest BCUT2D eigenvalue weighted by Gasteiger charge is 2.36. The summed E-state index contributed by atoms with van der Waals surface area (Å²) in [5, 5.41) is 57.4. The van der Waals surface area contributed by atoms with E-state index in [-0.39, 0.29) is 68.6 Å². The van der Waals surface area contributed by atoms with E-state index in [4.69, 9.17) is 0 Å². The van der Waals surface area contributed by atoms with Gasteiger partial charge < -0.3 is 57.6 Å². The lowest BCUT2D eigenvalue weighted by atomic mass is 9.97. The van der Waals surface area contributed by atoms with Crippen LogP contribution in [0.3, 0.4) is 0 Å². The SMILES string of the molecule is CCC(C)CCCCCCCC(O)CC(=O)N[C@@H](CCC(=O)O)C(=O)N[C@H](CC(=O)N[C@H](CC(C)C)C(=O)N[C@H](C(=O)N[C@@H](CC(=O)O)C(=O)N[C@H](CC(C)C)C(=O)N[C@@H](CC(C)C)C(=O)O)C(C)C)CC(C)C. The second-order valence-electron chi connectivity index (χ2n) is 22.2. The van der Waals surface area contributed by atoms with Crippen LogP contribution in [0.25, 0.3) is 0 Å². The second-order valence-corrected chi connectivity index (χ2v) is 22.2. The van der Waals surface area contributed by atoms with Gasteiger partial charge in [0.05, 0.1) is 18.9 Å². The summed E-state index contributed by atoms with van der Waals surface area (Å²) in [6, 6.07) is -8.98. The molecule has 0 radical (unpaired) electrons. The molecule has 0 aliphatic rings. The lowest BCUT2D eigenvalue weighted by molar-refractivity contribution is -0.143. The van der Waals surface area contributed by atoms with Gasteiger partial charge in [-0.15, -0.1) is 0 Å². The summed E-state index contributed by atoms with van der Waals surface area (Å²) in [4.78, 5) is 131. The van der Waals surface area contributed by atoms with Crippen molar-refractivity contribution in [2.75, 3.05) is 0 Å². The minimum Gasteiger partial charge on any atom is -0.481 e. The lowest BCUT2D eigenvalue weighted by Crippen LogP contribution is -2.60. The summed E-state index contributed by atoms with van der Waals surface area (Å²) >= 11 is 0. The first-order valence-electron chi connectivity index (χ1n) is 26.9. The van der Waals surface area contributed by atoms with Crippen LogP contribution in [0, 0.1) is 35.5 Å². The van der Waals surface area contributed by atoms with Crippen LogP contribution in [-0.4, -0.2) is 128 Å². The molecule has 21 heteroatoms. The molecule has 0 aliphatic carbocycles. The Morgan fingerprint density at radius 3 is 1.34 bits per heavy atom. The average molecular weight is 1050 g/mol. The minimum atomic E-state index is -1.73. The monoisotopic (exact) mass is 1050 g/mol. The highest BCUT2D eigenvalue weighted by atomic mass is 16.4. The molecular formula is C53H95N7O14. The van der Waals surface area contributed by atoms with Gasteiger partial charge in [0.25, 0.3) is 0 Å². The molecule has 0 aliphatic heterocycles. The fourth-order valence-corrected chi connectivity index (χ4v) is 8.33. The molecule has 426 valence electrons. The standard InChI is InChI=1S/C53H95N7O14/c1-13-35(12)19-17-15-14-16-18-20-37(61)28-44(63)55-38(21-22-45(64)65)48(68)54-36(23-30(2)3)27-43(62)56-39(24-31(4)5)51(71)60-47(34(10)11)52(72)58-41(29-46(66)67)50(70)57-40(25-32(6)7)49(69)59-42(53(73)74)26-33(8)9/h30-42,47,61H,13-29H2,1-12H3,(H,54,68)(H,55,63)(H,56,62)(H,57,70)(H,58,72)(H,59,69)(H,60,71)(H,64,65)(H,66,67)(H,73,74)/t35?,36-,37?,38-,39+,40+,41-,42-,47-/m0/s1. The van der Waals surface area contributed by atoms with Crippen molar-refractivity contribution in [3.8, 4) is 0 Å². The highest BCUT2D eigenvalue weighted by molar-refractivity contribution is 5.97. The van der Waals surface area contributed by atoms with Crippen molar-refractivity contribution < 1.29 is 68.4 Å². The summed E-state index contributed by atoms with van der Waals surface area (Å²) in [7, 11) is 0. The molecule has 0 rings (SSSR count). The van der Waals surface area contributed by atoms with Gasteiger partial charge in [-0.25, -0.2) is 4.79 Å². The largest absolute Gasteiger partial charge is 0.481 e. The zero-order valence-corrected chi connectivity index (χ0v) is 46.5. The van der Waals surface area contributed by atoms with Gasteiger partial charge >= 0.3 is 17.9 Å². The van der Waals surface area contributed by atoms with Crippen LogP contribution in [-0.2, 0) is 47.9 Å². The topological polar surface area (TPSA) is 336 Å². The maximum Gasteiger partial charge on any atom is 0.326 e. The average Bonchev–Trinajstić information content (AvgIpc) is 3.26. The number of aliphatic carboxylic acids is 3. The molecule has 74 heavy (non-hydrogen) atoms. The van der Waals surface area contributed by atoms with Crippen molar-refractivity contribution in [3.05, 3.63) is 0 Å². The van der Waals surface area contributed by atoms with E-state index in [1.165, 1.54) is 6.42 Å². The maximum absolute atomic E-state index is 14.0. The quantitative estimate of drug-likeness (QED) is 0.0375. The smallest absolute Gasteiger partial charge is 0.326 e. The van der Waals surface area contributed by atoms with Crippen LogP contribution in [0.4, 0.5) is 0 Å². The van der Waals surface area contributed by atoms with Crippen LogP contribution >= 0.6 is 0 Å². The van der Waals surface area contributed by atoms with Gasteiger partial charge in [0.2, 0.25) is 41.4 Å². The number of carbonyl (C=O) groups excluding carboxylic acids is 7. The summed E-state index contributed by atoms with van der Waals surface area (Å²) in [6.45, 7) is 22.0. The molecular weight excluding hydrogens is 959 g/mol. The molecule has 9 atom stereocenters. The van der Waals surface area contributed by atoms with Crippen LogP contribution in [0.2, 0.25) is 0 Å². The van der Waals surface area contributed by atoms with Gasteiger partial charge in [0.15, 0.2) is 0 Å². The zero-order chi connectivity index (χ0) is 56.8. The maximum atomic E-state index is 14.0. The fraction of sp³-hybridized carbons (Fsp3) is 0.811. The Kier molecular flexibility index (Phi) is 33.9. The van der Waals surface area contributed by atoms with Crippen molar-refractivity contribution in [2.24, 2.45) is 35.5 Å². The number of rotatable bonds is 40. The first kappa shape index (κ1) is 68.7. The molecule has 0 heterocycles. The van der Waals surface area contributed by atoms with E-state index in [0.717, 1.165) is 38.5 Å². The molecule has 0 saturated carbocycles. The Labute approximate surface area is 439 Å².